The number of aromatic nitrogens is 3. The highest BCUT2D eigenvalue weighted by Crippen LogP contribution is 2.43. The molecule has 212 valence electrons. The Kier molecular flexibility index (Phi) is 8.85. The van der Waals surface area contributed by atoms with E-state index in [1.807, 2.05) is 21.1 Å². The van der Waals surface area contributed by atoms with Gasteiger partial charge in [-0.25, -0.2) is 19.3 Å². The molecule has 1 atom stereocenters. The number of hydrogen-bond acceptors (Lipinski definition) is 6. The number of rotatable bonds is 6. The van der Waals surface area contributed by atoms with Gasteiger partial charge in [0, 0.05) is 17.8 Å². The van der Waals surface area contributed by atoms with Crippen molar-refractivity contribution in [1.29, 1.82) is 5.26 Å². The zero-order valence-electron chi connectivity index (χ0n) is 22.5. The fourth-order valence-corrected chi connectivity index (χ4v) is 4.69. The average Bonchev–Trinajstić information content (AvgIpc) is 3.26. The SMILES string of the molecule is COC(=O)C1=C(C)N(c2cccc(C(F)(F)F)c2)c2n[nH]c(=O)n2C1c1ccc(C#N)cc1CC[N+](C)(C)C.[I-]. The van der Waals surface area contributed by atoms with Gasteiger partial charge in [-0.1, -0.05) is 12.1 Å². The summed E-state index contributed by atoms with van der Waals surface area (Å²) in [5, 5.41) is 16.0. The van der Waals surface area contributed by atoms with Crippen molar-refractivity contribution in [2.45, 2.75) is 25.6 Å². The Hall–Kier alpha value is -3.64. The predicted molar refractivity (Wildman–Crippen MR) is 137 cm³/mol. The minimum atomic E-state index is -4.61. The van der Waals surface area contributed by atoms with Gasteiger partial charge in [-0.3, -0.25) is 4.90 Å². The first-order chi connectivity index (χ1) is 18.3. The highest BCUT2D eigenvalue weighted by molar-refractivity contribution is 5.93. The zero-order chi connectivity index (χ0) is 28.7. The minimum absolute atomic E-state index is 0. The lowest BCUT2D eigenvalue weighted by molar-refractivity contribution is -0.870. The number of hydrogen-bond donors (Lipinski definition) is 1. The van der Waals surface area contributed by atoms with Crippen molar-refractivity contribution in [2.75, 3.05) is 39.7 Å². The van der Waals surface area contributed by atoms with Crippen molar-refractivity contribution in [1.82, 2.24) is 14.8 Å². The fraction of sp³-hybridized carbons (Fsp3) is 0.333. The molecule has 1 aliphatic rings. The standard InChI is InChI=1S/C27H27F3N6O3.HI/c1-16-22(24(37)39-5)23(21-10-9-17(15-31)13-18(21)11-12-36(2,3)4)35-25(32-33-26(35)38)34(16)20-8-6-7-19(14-20)27(28,29)30;/h6-10,13-14,23H,11-12H2,1-5H3;1H. The van der Waals surface area contributed by atoms with E-state index in [4.69, 9.17) is 4.74 Å². The first kappa shape index (κ1) is 30.9. The van der Waals surface area contributed by atoms with Crippen LogP contribution in [0.4, 0.5) is 24.8 Å². The molecular weight excluding hydrogens is 640 g/mol. The molecule has 1 aromatic heterocycles. The molecule has 2 aromatic carbocycles. The number of nitrogens with one attached hydrogen (secondary N) is 1. The quantitative estimate of drug-likeness (QED) is 0.238. The van der Waals surface area contributed by atoms with Crippen LogP contribution in [0.25, 0.3) is 0 Å². The minimum Gasteiger partial charge on any atom is -1.00 e. The molecule has 13 heteroatoms. The molecule has 0 saturated heterocycles. The molecule has 0 amide bonds. The molecule has 0 fully saturated rings. The number of anilines is 2. The molecule has 40 heavy (non-hydrogen) atoms. The number of esters is 1. The molecule has 0 radical (unpaired) electrons. The Morgan fingerprint density at radius 3 is 2.50 bits per heavy atom. The van der Waals surface area contributed by atoms with Crippen LogP contribution in [0.2, 0.25) is 0 Å². The summed E-state index contributed by atoms with van der Waals surface area (Å²) in [6.45, 7) is 2.26. The number of ether oxygens (including phenoxy) is 1. The number of fused-ring (bicyclic) bond motifs is 1. The monoisotopic (exact) mass is 668 g/mol. The summed E-state index contributed by atoms with van der Waals surface area (Å²) in [7, 11) is 7.25. The van der Waals surface area contributed by atoms with Crippen molar-refractivity contribution in [3.8, 4) is 6.07 Å². The maximum Gasteiger partial charge on any atom is 0.416 e. The van der Waals surface area contributed by atoms with Crippen molar-refractivity contribution in [2.24, 2.45) is 0 Å². The van der Waals surface area contributed by atoms with Gasteiger partial charge in [-0.2, -0.15) is 18.4 Å². The Bertz CT molecular complexity index is 1560. The number of alkyl halides is 3. The largest absolute Gasteiger partial charge is 1.00 e. The van der Waals surface area contributed by atoms with E-state index in [1.165, 1.54) is 28.7 Å². The van der Waals surface area contributed by atoms with Gasteiger partial charge in [-0.05, 0) is 48.4 Å². The summed E-state index contributed by atoms with van der Waals surface area (Å²) in [6, 6.07) is 10.7. The Morgan fingerprint density at radius 1 is 1.20 bits per heavy atom. The lowest BCUT2D eigenvalue weighted by atomic mass is 9.89. The molecule has 0 aliphatic carbocycles. The second-order valence-corrected chi connectivity index (χ2v) is 10.3. The van der Waals surface area contributed by atoms with Gasteiger partial charge in [0.2, 0.25) is 5.95 Å². The predicted octanol–water partition coefficient (Wildman–Crippen LogP) is 0.903. The van der Waals surface area contributed by atoms with Crippen molar-refractivity contribution < 1.29 is 51.2 Å². The third-order valence-electron chi connectivity index (χ3n) is 6.60. The number of nitrogens with zero attached hydrogens (tertiary/aromatic N) is 5. The smallest absolute Gasteiger partial charge is 0.416 e. The molecule has 1 N–H and O–H groups in total. The number of H-pyrrole nitrogens is 1. The van der Waals surface area contributed by atoms with E-state index in [2.05, 4.69) is 16.3 Å². The van der Waals surface area contributed by atoms with Crippen LogP contribution in [0.3, 0.4) is 0 Å². The van der Waals surface area contributed by atoms with Crippen LogP contribution in [-0.4, -0.2) is 60.0 Å². The number of quaternary nitrogens is 1. The number of likely N-dealkylation sites (N-methyl/N-ethyl adjacent to an activating group) is 1. The van der Waals surface area contributed by atoms with Gasteiger partial charge >= 0.3 is 17.8 Å². The maximum atomic E-state index is 13.5. The van der Waals surface area contributed by atoms with Crippen molar-refractivity contribution in [3.05, 3.63) is 86.5 Å². The van der Waals surface area contributed by atoms with E-state index in [9.17, 15) is 28.0 Å². The van der Waals surface area contributed by atoms with Gasteiger partial charge < -0.3 is 33.2 Å². The van der Waals surface area contributed by atoms with E-state index in [1.54, 1.807) is 25.1 Å². The first-order valence-electron chi connectivity index (χ1n) is 12.0. The summed E-state index contributed by atoms with van der Waals surface area (Å²) in [4.78, 5) is 27.8. The number of benzene rings is 2. The lowest BCUT2D eigenvalue weighted by Crippen LogP contribution is -3.00. The maximum absolute atomic E-state index is 13.5. The molecule has 0 bridgehead atoms. The Balaban J connectivity index is 0.00000441. The third-order valence-corrected chi connectivity index (χ3v) is 6.60. The number of allylic oxidation sites excluding steroid dienone is 1. The fourth-order valence-electron chi connectivity index (χ4n) is 4.69. The number of methoxy groups -OCH3 is 1. The molecule has 1 aliphatic heterocycles. The molecule has 3 aromatic rings. The van der Waals surface area contributed by atoms with Gasteiger partial charge in [0.25, 0.3) is 0 Å². The van der Waals surface area contributed by atoms with Crippen LogP contribution in [-0.2, 0) is 22.1 Å². The summed E-state index contributed by atoms with van der Waals surface area (Å²) in [5.74, 6) is -0.744. The van der Waals surface area contributed by atoms with E-state index in [0.29, 0.717) is 28.6 Å². The van der Waals surface area contributed by atoms with Crippen LogP contribution >= 0.6 is 0 Å². The molecule has 0 saturated carbocycles. The summed E-state index contributed by atoms with van der Waals surface area (Å²) < 4.78 is 47.6. The topological polar surface area (TPSA) is 104 Å². The summed E-state index contributed by atoms with van der Waals surface area (Å²) in [6.07, 6.45) is -4.08. The third kappa shape index (κ3) is 5.92. The number of carbonyl (C=O) groups is 1. The highest BCUT2D eigenvalue weighted by atomic mass is 127. The van der Waals surface area contributed by atoms with Crippen LogP contribution in [0.1, 0.15) is 35.2 Å². The Labute approximate surface area is 246 Å². The highest BCUT2D eigenvalue weighted by Gasteiger charge is 2.41. The van der Waals surface area contributed by atoms with Crippen LogP contribution in [0.15, 0.2) is 58.5 Å². The number of aromatic amines is 1. The molecule has 2 heterocycles. The summed E-state index contributed by atoms with van der Waals surface area (Å²) in [5.41, 5.74) is 0.547. The Morgan fingerprint density at radius 2 is 1.90 bits per heavy atom. The van der Waals surface area contributed by atoms with Gasteiger partial charge in [-0.15, -0.1) is 5.10 Å². The van der Waals surface area contributed by atoms with E-state index >= 15 is 0 Å². The number of nitriles is 1. The summed E-state index contributed by atoms with van der Waals surface area (Å²) >= 11 is 0. The van der Waals surface area contributed by atoms with E-state index in [-0.39, 0.29) is 46.9 Å². The van der Waals surface area contributed by atoms with Crippen LogP contribution in [0.5, 0.6) is 0 Å². The molecule has 1 unspecified atom stereocenters. The van der Waals surface area contributed by atoms with Crippen LogP contribution < -0.4 is 34.6 Å². The van der Waals surface area contributed by atoms with Gasteiger partial charge in [0.15, 0.2) is 0 Å². The molecular formula is C27H28F3IN6O3. The molecule has 0 spiro atoms. The van der Waals surface area contributed by atoms with Crippen molar-refractivity contribution in [3.63, 3.8) is 0 Å². The van der Waals surface area contributed by atoms with Gasteiger partial charge in [0.05, 0.1) is 57.6 Å². The van der Waals surface area contributed by atoms with Crippen molar-refractivity contribution >= 4 is 17.6 Å². The number of halogens is 4. The number of carbonyl (C=O) groups excluding carboxylic acids is 1. The van der Waals surface area contributed by atoms with E-state index < -0.39 is 29.4 Å². The second-order valence-electron chi connectivity index (χ2n) is 10.3. The zero-order valence-corrected chi connectivity index (χ0v) is 24.7. The molecule has 4 rings (SSSR count). The second kappa shape index (κ2) is 11.5. The first-order valence-corrected chi connectivity index (χ1v) is 12.0. The van der Waals surface area contributed by atoms with E-state index in [0.717, 1.165) is 17.7 Å². The lowest BCUT2D eigenvalue weighted by Gasteiger charge is -2.36. The van der Waals surface area contributed by atoms with Crippen LogP contribution in [0, 0.1) is 11.3 Å². The molecule has 9 nitrogen and oxygen atoms in total. The van der Waals surface area contributed by atoms with Gasteiger partial charge in [0.1, 0.15) is 6.04 Å². The normalized spacial score (nSPS) is 15.3. The average molecular weight is 668 g/mol.